The summed E-state index contributed by atoms with van der Waals surface area (Å²) >= 11 is 12.0. The summed E-state index contributed by atoms with van der Waals surface area (Å²) in [5, 5.41) is 2.84. The number of amides is 4. The molecule has 0 unspecified atom stereocenters. The maximum absolute atomic E-state index is 12.8. The summed E-state index contributed by atoms with van der Waals surface area (Å²) in [5.74, 6) is -1.03. The second-order valence-corrected chi connectivity index (χ2v) is 6.13. The maximum Gasteiger partial charge on any atom is 0.335 e. The van der Waals surface area contributed by atoms with Gasteiger partial charge in [0.15, 0.2) is 0 Å². The van der Waals surface area contributed by atoms with E-state index in [0.717, 1.165) is 17.7 Å². The summed E-state index contributed by atoms with van der Waals surface area (Å²) in [5.41, 5.74) is -0.954. The summed E-state index contributed by atoms with van der Waals surface area (Å²) in [6.07, 6.45) is 2.45. The van der Waals surface area contributed by atoms with Crippen molar-refractivity contribution in [1.82, 2.24) is 5.32 Å². The molecule has 21 heavy (non-hydrogen) atoms. The molecule has 0 radical (unpaired) electrons. The molecule has 1 saturated heterocycles. The molecular weight excluding hydrogens is 315 g/mol. The molecule has 110 valence electrons. The van der Waals surface area contributed by atoms with Crippen molar-refractivity contribution in [3.05, 3.63) is 28.2 Å². The molecular formula is C14H12Cl2N2O3. The number of imide groups is 2. The molecule has 1 spiro atoms. The number of benzene rings is 1. The topological polar surface area (TPSA) is 66.5 Å². The number of nitrogens with one attached hydrogen (secondary N) is 1. The molecule has 3 rings (SSSR count). The van der Waals surface area contributed by atoms with E-state index >= 15 is 0 Å². The van der Waals surface area contributed by atoms with Gasteiger partial charge in [-0.05, 0) is 31.0 Å². The molecule has 1 heterocycles. The highest BCUT2D eigenvalue weighted by Gasteiger charge is 2.55. The Labute approximate surface area is 131 Å². The Bertz CT molecular complexity index is 654. The van der Waals surface area contributed by atoms with Crippen LogP contribution >= 0.6 is 23.2 Å². The number of rotatable bonds is 1. The zero-order valence-corrected chi connectivity index (χ0v) is 12.5. The van der Waals surface area contributed by atoms with Gasteiger partial charge in [0, 0.05) is 5.02 Å². The fraction of sp³-hybridized carbons (Fsp3) is 0.357. The molecule has 1 aromatic carbocycles. The molecule has 7 heteroatoms. The van der Waals surface area contributed by atoms with E-state index in [9.17, 15) is 14.4 Å². The van der Waals surface area contributed by atoms with Crippen LogP contribution in [0.5, 0.6) is 0 Å². The van der Waals surface area contributed by atoms with Crippen molar-refractivity contribution in [2.45, 2.75) is 25.7 Å². The number of carbonyl (C=O) groups excluding carboxylic acids is 3. The SMILES string of the molecule is O=C1NC(=O)C2(CCCC2)C(=O)N1c1cc(Cl)ccc1Cl. The fourth-order valence-electron chi connectivity index (χ4n) is 2.97. The van der Waals surface area contributed by atoms with Gasteiger partial charge in [0.1, 0.15) is 5.41 Å². The summed E-state index contributed by atoms with van der Waals surface area (Å²) in [6, 6.07) is 3.74. The van der Waals surface area contributed by atoms with Gasteiger partial charge in [-0.15, -0.1) is 0 Å². The van der Waals surface area contributed by atoms with Crippen LogP contribution in [0.2, 0.25) is 10.0 Å². The number of nitrogens with zero attached hydrogens (tertiary/aromatic N) is 1. The lowest BCUT2D eigenvalue weighted by atomic mass is 9.82. The molecule has 2 fully saturated rings. The fourth-order valence-corrected chi connectivity index (χ4v) is 3.34. The van der Waals surface area contributed by atoms with Gasteiger partial charge in [-0.1, -0.05) is 36.0 Å². The largest absolute Gasteiger partial charge is 0.335 e. The second-order valence-electron chi connectivity index (χ2n) is 5.28. The Kier molecular flexibility index (Phi) is 3.42. The van der Waals surface area contributed by atoms with E-state index in [4.69, 9.17) is 23.2 Å². The van der Waals surface area contributed by atoms with Crippen LogP contribution in [0.4, 0.5) is 10.5 Å². The zero-order chi connectivity index (χ0) is 15.2. The van der Waals surface area contributed by atoms with Gasteiger partial charge < -0.3 is 0 Å². The predicted molar refractivity (Wildman–Crippen MR) is 78.4 cm³/mol. The van der Waals surface area contributed by atoms with Gasteiger partial charge in [-0.2, -0.15) is 0 Å². The van der Waals surface area contributed by atoms with Crippen LogP contribution < -0.4 is 10.2 Å². The van der Waals surface area contributed by atoms with Crippen LogP contribution in [-0.2, 0) is 9.59 Å². The third-order valence-electron chi connectivity index (χ3n) is 4.08. The minimum absolute atomic E-state index is 0.199. The summed E-state index contributed by atoms with van der Waals surface area (Å²) in [7, 11) is 0. The van der Waals surface area contributed by atoms with Gasteiger partial charge >= 0.3 is 6.03 Å². The molecule has 1 saturated carbocycles. The minimum atomic E-state index is -1.15. The van der Waals surface area contributed by atoms with Crippen LogP contribution in [0, 0.1) is 5.41 Å². The quantitative estimate of drug-likeness (QED) is 0.806. The van der Waals surface area contributed by atoms with Gasteiger partial charge in [-0.25, -0.2) is 9.69 Å². The molecule has 5 nitrogen and oxygen atoms in total. The van der Waals surface area contributed by atoms with Gasteiger partial charge in [-0.3, -0.25) is 14.9 Å². The van der Waals surface area contributed by atoms with Crippen LogP contribution in [0.15, 0.2) is 18.2 Å². The smallest absolute Gasteiger partial charge is 0.276 e. The molecule has 1 N–H and O–H groups in total. The van der Waals surface area contributed by atoms with Crippen molar-refractivity contribution in [1.29, 1.82) is 0 Å². The molecule has 2 aliphatic rings. The van der Waals surface area contributed by atoms with Crippen molar-refractivity contribution in [2.24, 2.45) is 5.41 Å². The number of hydrogen-bond donors (Lipinski definition) is 1. The number of urea groups is 1. The van der Waals surface area contributed by atoms with Gasteiger partial charge in [0.05, 0.1) is 10.7 Å². The summed E-state index contributed by atoms with van der Waals surface area (Å²) < 4.78 is 0. The minimum Gasteiger partial charge on any atom is -0.276 e. The van der Waals surface area contributed by atoms with Crippen LogP contribution in [0.25, 0.3) is 0 Å². The first-order chi connectivity index (χ1) is 9.95. The number of halogens is 2. The average Bonchev–Trinajstić information content (AvgIpc) is 2.92. The van der Waals surface area contributed by atoms with Gasteiger partial charge in [0.25, 0.3) is 5.91 Å². The molecule has 0 aromatic heterocycles. The Hall–Kier alpha value is -1.59. The molecule has 0 bridgehead atoms. The standard InChI is InChI=1S/C14H12Cl2N2O3/c15-8-3-4-9(16)10(7-8)18-12(20)14(5-1-2-6-14)11(19)17-13(18)21/h3-4,7H,1-2,5-6H2,(H,17,19,21). The lowest BCUT2D eigenvalue weighted by Crippen LogP contribution is -2.63. The average molecular weight is 327 g/mol. The lowest BCUT2D eigenvalue weighted by molar-refractivity contribution is -0.142. The van der Waals surface area contributed by atoms with Crippen molar-refractivity contribution in [3.63, 3.8) is 0 Å². The first kappa shape index (κ1) is 14.4. The predicted octanol–water partition coefficient (Wildman–Crippen LogP) is 3.14. The third kappa shape index (κ3) is 2.12. The van der Waals surface area contributed by atoms with E-state index in [2.05, 4.69) is 5.32 Å². The Balaban J connectivity index is 2.09. The highest BCUT2D eigenvalue weighted by Crippen LogP contribution is 2.44. The van der Waals surface area contributed by atoms with E-state index in [-0.39, 0.29) is 10.7 Å². The molecule has 4 amide bonds. The van der Waals surface area contributed by atoms with E-state index in [1.165, 1.54) is 12.1 Å². The van der Waals surface area contributed by atoms with E-state index in [0.29, 0.717) is 17.9 Å². The van der Waals surface area contributed by atoms with Crippen LogP contribution in [0.3, 0.4) is 0 Å². The first-order valence-corrected chi connectivity index (χ1v) is 7.36. The van der Waals surface area contributed by atoms with Crippen molar-refractivity contribution >= 4 is 46.7 Å². The van der Waals surface area contributed by atoms with E-state index in [1.54, 1.807) is 6.07 Å². The number of hydrogen-bond acceptors (Lipinski definition) is 3. The van der Waals surface area contributed by atoms with Gasteiger partial charge in [0.2, 0.25) is 5.91 Å². The highest BCUT2D eigenvalue weighted by atomic mass is 35.5. The monoisotopic (exact) mass is 326 g/mol. The Morgan fingerprint density at radius 3 is 2.43 bits per heavy atom. The normalized spacial score (nSPS) is 21.0. The second kappa shape index (κ2) is 5.00. The Morgan fingerprint density at radius 1 is 1.10 bits per heavy atom. The maximum atomic E-state index is 12.8. The van der Waals surface area contributed by atoms with Crippen molar-refractivity contribution in [2.75, 3.05) is 4.90 Å². The van der Waals surface area contributed by atoms with Crippen LogP contribution in [0.1, 0.15) is 25.7 Å². The van der Waals surface area contributed by atoms with E-state index in [1.807, 2.05) is 0 Å². The van der Waals surface area contributed by atoms with Crippen molar-refractivity contribution in [3.8, 4) is 0 Å². The molecule has 1 aromatic rings. The molecule has 1 aliphatic carbocycles. The highest BCUT2D eigenvalue weighted by molar-refractivity contribution is 6.38. The lowest BCUT2D eigenvalue weighted by Gasteiger charge is -2.37. The summed E-state index contributed by atoms with van der Waals surface area (Å²) in [4.78, 5) is 37.9. The molecule has 0 atom stereocenters. The zero-order valence-electron chi connectivity index (χ0n) is 11.0. The summed E-state index contributed by atoms with van der Waals surface area (Å²) in [6.45, 7) is 0. The van der Waals surface area contributed by atoms with Crippen LogP contribution in [-0.4, -0.2) is 17.8 Å². The Morgan fingerprint density at radius 2 is 1.76 bits per heavy atom. The van der Waals surface area contributed by atoms with Crippen molar-refractivity contribution < 1.29 is 14.4 Å². The number of carbonyl (C=O) groups is 3. The third-order valence-corrected chi connectivity index (χ3v) is 4.63. The first-order valence-electron chi connectivity index (χ1n) is 6.61. The van der Waals surface area contributed by atoms with E-state index < -0.39 is 23.3 Å². The number of anilines is 1. The number of barbiturate groups is 1. The molecule has 1 aliphatic heterocycles.